The first-order valence-corrected chi connectivity index (χ1v) is 6.66. The third kappa shape index (κ3) is 2.49. The van der Waals surface area contributed by atoms with Gasteiger partial charge < -0.3 is 5.32 Å². The van der Waals surface area contributed by atoms with Gasteiger partial charge in [0.25, 0.3) is 0 Å². The Morgan fingerprint density at radius 3 is 2.89 bits per heavy atom. The Kier molecular flexibility index (Phi) is 3.25. The van der Waals surface area contributed by atoms with Gasteiger partial charge in [0.05, 0.1) is 17.3 Å². The van der Waals surface area contributed by atoms with Crippen molar-refractivity contribution in [2.45, 2.75) is 6.42 Å². The van der Waals surface area contributed by atoms with E-state index in [1.807, 2.05) is 29.9 Å². The summed E-state index contributed by atoms with van der Waals surface area (Å²) in [6.07, 6.45) is 2.59. The summed E-state index contributed by atoms with van der Waals surface area (Å²) in [5, 5.41) is 8.19. The number of nitrogens with zero attached hydrogens (tertiary/aromatic N) is 3. The Balaban J connectivity index is 1.87. The van der Waals surface area contributed by atoms with E-state index in [0.29, 0.717) is 0 Å². The second-order valence-electron chi connectivity index (χ2n) is 4.59. The summed E-state index contributed by atoms with van der Waals surface area (Å²) in [6.45, 7) is 1.81. The van der Waals surface area contributed by atoms with Crippen molar-refractivity contribution >= 4 is 17.4 Å². The number of aliphatic imine (C=N–C) groups is 1. The number of nitrogens with one attached hydrogen (secondary N) is 1. The summed E-state index contributed by atoms with van der Waals surface area (Å²) in [4.78, 5) is 4.40. The second kappa shape index (κ2) is 5.05. The zero-order valence-electron chi connectivity index (χ0n) is 10.7. The fraction of sp³-hybridized carbons (Fsp3) is 0.286. The molecule has 2 heterocycles. The molecule has 3 rings (SSSR count). The SMILES string of the molecule is Cn1nccc1-c1ccc(CC2=NCCN2)cc1Cl. The van der Waals surface area contributed by atoms with Gasteiger partial charge in [0.2, 0.25) is 0 Å². The summed E-state index contributed by atoms with van der Waals surface area (Å²) >= 11 is 6.38. The molecule has 1 N–H and O–H groups in total. The molecule has 0 atom stereocenters. The molecule has 1 aliphatic heterocycles. The van der Waals surface area contributed by atoms with Crippen molar-refractivity contribution in [1.29, 1.82) is 0 Å². The second-order valence-corrected chi connectivity index (χ2v) is 4.99. The summed E-state index contributed by atoms with van der Waals surface area (Å²) in [7, 11) is 1.91. The third-order valence-corrected chi connectivity index (χ3v) is 3.56. The molecule has 0 saturated carbocycles. The standard InChI is InChI=1S/C14H15ClN4/c1-19-13(4-5-18-19)11-3-2-10(8-12(11)15)9-14-16-6-7-17-14/h2-5,8H,6-7,9H2,1H3,(H,16,17). The average molecular weight is 275 g/mol. The van der Waals surface area contributed by atoms with E-state index in [-0.39, 0.29) is 0 Å². The van der Waals surface area contributed by atoms with E-state index in [2.05, 4.69) is 21.5 Å². The highest BCUT2D eigenvalue weighted by atomic mass is 35.5. The van der Waals surface area contributed by atoms with Crippen molar-refractivity contribution in [2.75, 3.05) is 13.1 Å². The maximum absolute atomic E-state index is 6.38. The lowest BCUT2D eigenvalue weighted by Crippen LogP contribution is -2.20. The highest BCUT2D eigenvalue weighted by Crippen LogP contribution is 2.28. The van der Waals surface area contributed by atoms with Gasteiger partial charge in [-0.2, -0.15) is 5.10 Å². The maximum Gasteiger partial charge on any atom is 0.101 e. The number of aryl methyl sites for hydroxylation is 1. The summed E-state index contributed by atoms with van der Waals surface area (Å²) in [5.41, 5.74) is 3.20. The van der Waals surface area contributed by atoms with Crippen molar-refractivity contribution in [1.82, 2.24) is 15.1 Å². The van der Waals surface area contributed by atoms with Crippen LogP contribution in [0.4, 0.5) is 0 Å². The predicted molar refractivity (Wildman–Crippen MR) is 77.7 cm³/mol. The lowest BCUT2D eigenvalue weighted by molar-refractivity contribution is 0.776. The van der Waals surface area contributed by atoms with Crippen LogP contribution in [0.25, 0.3) is 11.3 Å². The first-order chi connectivity index (χ1) is 9.24. The minimum Gasteiger partial charge on any atom is -0.372 e. The van der Waals surface area contributed by atoms with E-state index >= 15 is 0 Å². The van der Waals surface area contributed by atoms with Gasteiger partial charge in [0, 0.05) is 31.8 Å². The van der Waals surface area contributed by atoms with Gasteiger partial charge in [-0.3, -0.25) is 9.67 Å². The number of amidine groups is 1. The minimum absolute atomic E-state index is 0.750. The van der Waals surface area contributed by atoms with Gasteiger partial charge in [0.1, 0.15) is 5.84 Å². The Morgan fingerprint density at radius 2 is 2.26 bits per heavy atom. The zero-order valence-corrected chi connectivity index (χ0v) is 11.5. The number of aromatic nitrogens is 2. The van der Waals surface area contributed by atoms with Crippen molar-refractivity contribution in [2.24, 2.45) is 12.0 Å². The topological polar surface area (TPSA) is 42.2 Å². The highest BCUT2D eigenvalue weighted by molar-refractivity contribution is 6.33. The van der Waals surface area contributed by atoms with E-state index in [0.717, 1.165) is 41.6 Å². The number of rotatable bonds is 3. The summed E-state index contributed by atoms with van der Waals surface area (Å²) in [5.74, 6) is 1.05. The van der Waals surface area contributed by atoms with Gasteiger partial charge in [-0.1, -0.05) is 23.7 Å². The van der Waals surface area contributed by atoms with E-state index in [1.165, 1.54) is 5.56 Å². The Hall–Kier alpha value is -1.81. The lowest BCUT2D eigenvalue weighted by Gasteiger charge is -2.08. The van der Waals surface area contributed by atoms with Crippen LogP contribution in [0.1, 0.15) is 5.56 Å². The molecular weight excluding hydrogens is 260 g/mol. The molecule has 19 heavy (non-hydrogen) atoms. The van der Waals surface area contributed by atoms with Gasteiger partial charge in [-0.25, -0.2) is 0 Å². The lowest BCUT2D eigenvalue weighted by atomic mass is 10.1. The Bertz CT molecular complexity index is 630. The molecule has 0 bridgehead atoms. The molecule has 0 unspecified atom stereocenters. The third-order valence-electron chi connectivity index (χ3n) is 3.25. The van der Waals surface area contributed by atoms with E-state index < -0.39 is 0 Å². The fourth-order valence-corrected chi connectivity index (χ4v) is 2.57. The minimum atomic E-state index is 0.750. The number of hydrogen-bond acceptors (Lipinski definition) is 3. The van der Waals surface area contributed by atoms with Gasteiger partial charge in [-0.05, 0) is 17.7 Å². The van der Waals surface area contributed by atoms with E-state index in [9.17, 15) is 0 Å². The smallest absolute Gasteiger partial charge is 0.101 e. The van der Waals surface area contributed by atoms with Crippen molar-refractivity contribution in [3.63, 3.8) is 0 Å². The molecule has 4 nitrogen and oxygen atoms in total. The zero-order chi connectivity index (χ0) is 13.2. The van der Waals surface area contributed by atoms with Crippen molar-refractivity contribution in [3.8, 4) is 11.3 Å². The van der Waals surface area contributed by atoms with E-state index in [1.54, 1.807) is 6.20 Å². The first-order valence-electron chi connectivity index (χ1n) is 6.28. The van der Waals surface area contributed by atoms with Crippen LogP contribution in [0, 0.1) is 0 Å². The average Bonchev–Trinajstić information content (AvgIpc) is 3.02. The Morgan fingerprint density at radius 1 is 1.37 bits per heavy atom. The molecule has 0 radical (unpaired) electrons. The highest BCUT2D eigenvalue weighted by Gasteiger charge is 2.10. The first kappa shape index (κ1) is 12.2. The van der Waals surface area contributed by atoms with Crippen LogP contribution in [-0.2, 0) is 13.5 Å². The molecule has 0 fully saturated rings. The van der Waals surface area contributed by atoms with E-state index in [4.69, 9.17) is 11.6 Å². The van der Waals surface area contributed by atoms with Gasteiger partial charge in [-0.15, -0.1) is 0 Å². The largest absolute Gasteiger partial charge is 0.372 e. The molecule has 1 aromatic carbocycles. The Labute approximate surface area is 117 Å². The van der Waals surface area contributed by atoms with Crippen molar-refractivity contribution in [3.05, 3.63) is 41.0 Å². The fourth-order valence-electron chi connectivity index (χ4n) is 2.27. The maximum atomic E-state index is 6.38. The molecule has 98 valence electrons. The van der Waals surface area contributed by atoms with Crippen LogP contribution in [0.15, 0.2) is 35.5 Å². The van der Waals surface area contributed by atoms with Crippen LogP contribution in [0.3, 0.4) is 0 Å². The van der Waals surface area contributed by atoms with Gasteiger partial charge >= 0.3 is 0 Å². The van der Waals surface area contributed by atoms with Crippen LogP contribution in [-0.4, -0.2) is 28.7 Å². The van der Waals surface area contributed by atoms with Crippen molar-refractivity contribution < 1.29 is 0 Å². The molecule has 0 saturated heterocycles. The number of hydrogen-bond donors (Lipinski definition) is 1. The molecule has 5 heteroatoms. The molecule has 1 aromatic heterocycles. The molecule has 0 aliphatic carbocycles. The van der Waals surface area contributed by atoms with Crippen LogP contribution >= 0.6 is 11.6 Å². The van der Waals surface area contributed by atoms with Crippen LogP contribution in [0.5, 0.6) is 0 Å². The number of halogens is 1. The van der Waals surface area contributed by atoms with Crippen LogP contribution < -0.4 is 5.32 Å². The molecule has 1 aliphatic rings. The molecule has 0 amide bonds. The molecule has 2 aromatic rings. The molecule has 0 spiro atoms. The normalized spacial score (nSPS) is 14.3. The summed E-state index contributed by atoms with van der Waals surface area (Å²) in [6, 6.07) is 8.11. The van der Waals surface area contributed by atoms with Gasteiger partial charge in [0.15, 0.2) is 0 Å². The quantitative estimate of drug-likeness (QED) is 0.933. The van der Waals surface area contributed by atoms with Crippen LogP contribution in [0.2, 0.25) is 5.02 Å². The predicted octanol–water partition coefficient (Wildman–Crippen LogP) is 2.28. The number of benzene rings is 1. The monoisotopic (exact) mass is 274 g/mol. The molecular formula is C14H15ClN4. The summed E-state index contributed by atoms with van der Waals surface area (Å²) < 4.78 is 1.82.